The number of rotatable bonds is 5. The molecule has 4 nitrogen and oxygen atoms in total. The molecule has 2 rings (SSSR count). The molecule has 2 N–H and O–H groups in total. The second kappa shape index (κ2) is 7.13. The molecule has 1 aromatic heterocycles. The fraction of sp³-hybridized carbons (Fsp3) is 0.353. The zero-order chi connectivity index (χ0) is 16.3. The molecule has 2 aromatic rings. The van der Waals surface area contributed by atoms with E-state index in [-0.39, 0.29) is 10.9 Å². The molecule has 22 heavy (non-hydrogen) atoms. The maximum Gasteiger partial charge on any atom is 0.185 e. The van der Waals surface area contributed by atoms with Gasteiger partial charge in [-0.3, -0.25) is 4.79 Å². The van der Waals surface area contributed by atoms with Gasteiger partial charge in [-0.25, -0.2) is 0 Å². The van der Waals surface area contributed by atoms with E-state index in [9.17, 15) is 15.0 Å². The van der Waals surface area contributed by atoms with Gasteiger partial charge in [-0.1, -0.05) is 30.0 Å². The van der Waals surface area contributed by atoms with Crippen molar-refractivity contribution in [3.05, 3.63) is 53.3 Å². The lowest BCUT2D eigenvalue weighted by Crippen LogP contribution is -2.21. The number of carbonyl (C=O) groups excluding carboxylic acids is 1. The zero-order valence-electron chi connectivity index (χ0n) is 13.0. The first-order valence-corrected chi connectivity index (χ1v) is 8.14. The molecule has 0 aliphatic carbocycles. The number of benzene rings is 1. The van der Waals surface area contributed by atoms with E-state index in [4.69, 9.17) is 0 Å². The molecule has 118 valence electrons. The normalized spacial score (nSPS) is 13.9. The Kier molecular flexibility index (Phi) is 5.45. The SMILES string of the molecule is CC(=O)SCC(O)C(O)c1cc(C)n(-c2ccccc2)c1C. The lowest BCUT2D eigenvalue weighted by Gasteiger charge is -2.18. The zero-order valence-corrected chi connectivity index (χ0v) is 13.8. The number of nitrogens with zero attached hydrogens (tertiary/aromatic N) is 1. The number of thioether (sulfide) groups is 1. The first-order chi connectivity index (χ1) is 10.4. The number of carbonyl (C=O) groups is 1. The van der Waals surface area contributed by atoms with Crippen molar-refractivity contribution < 1.29 is 15.0 Å². The van der Waals surface area contributed by atoms with Crippen LogP contribution in [0.5, 0.6) is 0 Å². The molecule has 0 radical (unpaired) electrons. The van der Waals surface area contributed by atoms with E-state index in [1.165, 1.54) is 6.92 Å². The van der Waals surface area contributed by atoms with Gasteiger partial charge in [0.05, 0.1) is 6.10 Å². The maximum absolute atomic E-state index is 11.0. The van der Waals surface area contributed by atoms with Gasteiger partial charge in [-0.05, 0) is 32.0 Å². The average Bonchev–Trinajstić information content (AvgIpc) is 2.79. The summed E-state index contributed by atoms with van der Waals surface area (Å²) in [5.41, 5.74) is 3.59. The Morgan fingerprint density at radius 3 is 2.45 bits per heavy atom. The highest BCUT2D eigenvalue weighted by Crippen LogP contribution is 2.28. The summed E-state index contributed by atoms with van der Waals surface area (Å²) in [6.07, 6.45) is -1.98. The highest BCUT2D eigenvalue weighted by Gasteiger charge is 2.24. The van der Waals surface area contributed by atoms with E-state index in [1.807, 2.05) is 54.8 Å². The number of aliphatic hydroxyl groups excluding tert-OH is 2. The Morgan fingerprint density at radius 1 is 1.23 bits per heavy atom. The standard InChI is InChI=1S/C17H21NO3S/c1-11-9-15(17(21)16(20)10-22-13(3)19)12(2)18(11)14-7-5-4-6-8-14/h4-9,16-17,20-21H,10H2,1-3H3. The summed E-state index contributed by atoms with van der Waals surface area (Å²) in [6.45, 7) is 5.33. The van der Waals surface area contributed by atoms with Crippen molar-refractivity contribution in [3.8, 4) is 5.69 Å². The van der Waals surface area contributed by atoms with Crippen molar-refractivity contribution in [3.63, 3.8) is 0 Å². The Hall–Kier alpha value is -1.56. The predicted molar refractivity (Wildman–Crippen MR) is 89.3 cm³/mol. The molecular weight excluding hydrogens is 298 g/mol. The van der Waals surface area contributed by atoms with Gasteiger partial charge in [0.25, 0.3) is 0 Å². The topological polar surface area (TPSA) is 62.5 Å². The van der Waals surface area contributed by atoms with Crippen LogP contribution < -0.4 is 0 Å². The van der Waals surface area contributed by atoms with E-state index in [0.29, 0.717) is 5.56 Å². The van der Waals surface area contributed by atoms with E-state index in [0.717, 1.165) is 28.8 Å². The molecule has 2 unspecified atom stereocenters. The summed E-state index contributed by atoms with van der Waals surface area (Å²) < 4.78 is 2.05. The van der Waals surface area contributed by atoms with E-state index >= 15 is 0 Å². The van der Waals surface area contributed by atoms with Gasteiger partial charge in [-0.15, -0.1) is 0 Å². The molecule has 1 aromatic carbocycles. The summed E-state index contributed by atoms with van der Waals surface area (Å²) in [6, 6.07) is 11.8. The lowest BCUT2D eigenvalue weighted by atomic mass is 10.1. The largest absolute Gasteiger partial charge is 0.389 e. The Balaban J connectivity index is 2.28. The van der Waals surface area contributed by atoms with Crippen LogP contribution in [-0.2, 0) is 4.79 Å². The molecule has 0 spiro atoms. The third-order valence-electron chi connectivity index (χ3n) is 3.63. The van der Waals surface area contributed by atoms with E-state index in [1.54, 1.807) is 0 Å². The fourth-order valence-corrected chi connectivity index (χ4v) is 3.15. The minimum atomic E-state index is -1.00. The van der Waals surface area contributed by atoms with Crippen molar-refractivity contribution in [2.45, 2.75) is 33.0 Å². The van der Waals surface area contributed by atoms with Crippen LogP contribution in [0.2, 0.25) is 0 Å². The van der Waals surface area contributed by atoms with Crippen LogP contribution in [0.3, 0.4) is 0 Å². The molecule has 0 saturated heterocycles. The summed E-state index contributed by atoms with van der Waals surface area (Å²) in [4.78, 5) is 11.0. The maximum atomic E-state index is 11.0. The number of hydrogen-bond donors (Lipinski definition) is 2. The molecule has 0 bridgehead atoms. The first kappa shape index (κ1) is 16.8. The van der Waals surface area contributed by atoms with Crippen LogP contribution >= 0.6 is 11.8 Å². The van der Waals surface area contributed by atoms with Crippen LogP contribution in [0.1, 0.15) is 30.0 Å². The molecule has 0 fully saturated rings. The molecule has 0 amide bonds. The Bertz CT molecular complexity index is 651. The van der Waals surface area contributed by atoms with E-state index in [2.05, 4.69) is 0 Å². The number of para-hydroxylation sites is 1. The second-order valence-corrected chi connectivity index (χ2v) is 6.51. The molecule has 5 heteroatoms. The Labute approximate surface area is 134 Å². The predicted octanol–water partition coefficient (Wildman–Crippen LogP) is 2.77. The summed E-state index contributed by atoms with van der Waals surface area (Å²) >= 11 is 1.02. The molecule has 0 aliphatic rings. The second-order valence-electron chi connectivity index (χ2n) is 5.31. The molecular formula is C17H21NO3S. The highest BCUT2D eigenvalue weighted by atomic mass is 32.2. The number of aryl methyl sites for hydroxylation is 1. The number of hydrogen-bond acceptors (Lipinski definition) is 4. The first-order valence-electron chi connectivity index (χ1n) is 7.15. The monoisotopic (exact) mass is 319 g/mol. The van der Waals surface area contributed by atoms with Crippen molar-refractivity contribution in [2.24, 2.45) is 0 Å². The van der Waals surface area contributed by atoms with Crippen molar-refractivity contribution >= 4 is 16.9 Å². The molecule has 2 atom stereocenters. The smallest absolute Gasteiger partial charge is 0.185 e. The Morgan fingerprint density at radius 2 is 1.86 bits per heavy atom. The molecule has 1 heterocycles. The average molecular weight is 319 g/mol. The van der Waals surface area contributed by atoms with Gasteiger partial charge in [0.1, 0.15) is 6.10 Å². The van der Waals surface area contributed by atoms with Gasteiger partial charge in [-0.2, -0.15) is 0 Å². The van der Waals surface area contributed by atoms with Crippen molar-refractivity contribution in [1.82, 2.24) is 4.57 Å². The summed E-state index contributed by atoms with van der Waals surface area (Å²) in [5.74, 6) is 0.186. The minimum Gasteiger partial charge on any atom is -0.389 e. The van der Waals surface area contributed by atoms with Gasteiger partial charge in [0, 0.05) is 35.3 Å². The number of aromatic nitrogens is 1. The fourth-order valence-electron chi connectivity index (χ4n) is 2.56. The lowest BCUT2D eigenvalue weighted by molar-refractivity contribution is -0.109. The van der Waals surface area contributed by atoms with Crippen LogP contribution in [0.4, 0.5) is 0 Å². The van der Waals surface area contributed by atoms with Crippen molar-refractivity contribution in [2.75, 3.05) is 5.75 Å². The quantitative estimate of drug-likeness (QED) is 0.889. The third kappa shape index (κ3) is 3.61. The minimum absolute atomic E-state index is 0.0685. The van der Waals surface area contributed by atoms with Crippen LogP contribution in [0, 0.1) is 13.8 Å². The van der Waals surface area contributed by atoms with Crippen LogP contribution in [-0.4, -0.2) is 31.8 Å². The van der Waals surface area contributed by atoms with Crippen LogP contribution in [0.15, 0.2) is 36.4 Å². The van der Waals surface area contributed by atoms with E-state index < -0.39 is 12.2 Å². The molecule has 0 saturated carbocycles. The summed E-state index contributed by atoms with van der Waals surface area (Å²) in [7, 11) is 0. The summed E-state index contributed by atoms with van der Waals surface area (Å²) in [5, 5.41) is 20.4. The van der Waals surface area contributed by atoms with Gasteiger partial charge in [0.2, 0.25) is 0 Å². The third-order valence-corrected chi connectivity index (χ3v) is 4.54. The van der Waals surface area contributed by atoms with Gasteiger partial charge in [0.15, 0.2) is 5.12 Å². The van der Waals surface area contributed by atoms with Gasteiger partial charge < -0.3 is 14.8 Å². The molecule has 0 aliphatic heterocycles. The van der Waals surface area contributed by atoms with Gasteiger partial charge >= 0.3 is 0 Å². The van der Waals surface area contributed by atoms with Crippen LogP contribution in [0.25, 0.3) is 5.69 Å². The highest BCUT2D eigenvalue weighted by molar-refractivity contribution is 8.13. The van der Waals surface area contributed by atoms with Crippen molar-refractivity contribution in [1.29, 1.82) is 0 Å². The number of aliphatic hydroxyl groups is 2.